The van der Waals surface area contributed by atoms with Gasteiger partial charge >= 0.3 is 0 Å². The number of aromatic nitrogens is 3. The van der Waals surface area contributed by atoms with Gasteiger partial charge in [0, 0.05) is 13.1 Å². The van der Waals surface area contributed by atoms with Crippen LogP contribution >= 0.6 is 0 Å². The van der Waals surface area contributed by atoms with Gasteiger partial charge in [-0.05, 0) is 31.5 Å². The van der Waals surface area contributed by atoms with E-state index in [1.807, 2.05) is 0 Å². The van der Waals surface area contributed by atoms with Gasteiger partial charge in [-0.15, -0.1) is 5.10 Å². The zero-order chi connectivity index (χ0) is 13.1. The fourth-order valence-corrected chi connectivity index (χ4v) is 2.16. The first-order valence-corrected chi connectivity index (χ1v) is 6.46. The molecular weight excluding hydrogens is 245 g/mol. The van der Waals surface area contributed by atoms with Gasteiger partial charge in [-0.3, -0.25) is 0 Å². The molecule has 0 saturated heterocycles. The van der Waals surface area contributed by atoms with Gasteiger partial charge < -0.3 is 10.6 Å². The number of pyridine rings is 1. The maximum absolute atomic E-state index is 13.0. The summed E-state index contributed by atoms with van der Waals surface area (Å²) in [5.74, 6) is 0.226. The monoisotopic (exact) mass is 261 g/mol. The lowest BCUT2D eigenvalue weighted by molar-refractivity contribution is 0.615. The molecule has 3 rings (SSSR count). The van der Waals surface area contributed by atoms with Crippen molar-refractivity contribution in [3.63, 3.8) is 0 Å². The average Bonchev–Trinajstić information content (AvgIpc) is 2.82. The minimum absolute atomic E-state index is 0.316. The largest absolute Gasteiger partial charge is 0.353 e. The van der Waals surface area contributed by atoms with Crippen LogP contribution in [0.2, 0.25) is 0 Å². The molecule has 5 nitrogen and oxygen atoms in total. The second-order valence-electron chi connectivity index (χ2n) is 4.58. The van der Waals surface area contributed by atoms with E-state index in [0.29, 0.717) is 11.6 Å². The average molecular weight is 261 g/mol. The van der Waals surface area contributed by atoms with Crippen molar-refractivity contribution in [3.05, 3.63) is 35.8 Å². The molecule has 0 unspecified atom stereocenters. The lowest BCUT2D eigenvalue weighted by Gasteiger charge is -2.13. The molecule has 2 aromatic heterocycles. The normalized spacial score (nSPS) is 15.5. The van der Waals surface area contributed by atoms with Crippen LogP contribution < -0.4 is 10.6 Å². The summed E-state index contributed by atoms with van der Waals surface area (Å²) in [5, 5.41) is 10.6. The van der Waals surface area contributed by atoms with E-state index in [-0.39, 0.29) is 5.82 Å². The summed E-state index contributed by atoms with van der Waals surface area (Å²) in [6, 6.07) is 3.00. The number of fused-ring (bicyclic) bond motifs is 1. The molecule has 0 aromatic carbocycles. The van der Waals surface area contributed by atoms with Gasteiger partial charge in [-0.2, -0.15) is 4.98 Å². The lowest BCUT2D eigenvalue weighted by atomic mass is 10.1. The predicted molar refractivity (Wildman–Crippen MR) is 71.6 cm³/mol. The smallest absolute Gasteiger partial charge is 0.243 e. The van der Waals surface area contributed by atoms with E-state index in [0.717, 1.165) is 32.5 Å². The molecule has 0 aliphatic carbocycles. The Kier molecular flexibility index (Phi) is 3.41. The van der Waals surface area contributed by atoms with Gasteiger partial charge in [0.1, 0.15) is 5.82 Å². The fourth-order valence-electron chi connectivity index (χ4n) is 2.16. The van der Waals surface area contributed by atoms with Crippen molar-refractivity contribution in [1.82, 2.24) is 19.9 Å². The van der Waals surface area contributed by atoms with Crippen LogP contribution in [0.5, 0.6) is 0 Å². The Balaban J connectivity index is 1.60. The van der Waals surface area contributed by atoms with Gasteiger partial charge in [-0.1, -0.05) is 11.6 Å². The van der Waals surface area contributed by atoms with Crippen molar-refractivity contribution in [2.45, 2.75) is 12.8 Å². The van der Waals surface area contributed by atoms with Crippen LogP contribution in [0, 0.1) is 5.82 Å². The third kappa shape index (κ3) is 2.90. The van der Waals surface area contributed by atoms with E-state index in [4.69, 9.17) is 0 Å². The molecule has 0 atom stereocenters. The van der Waals surface area contributed by atoms with Gasteiger partial charge in [0.15, 0.2) is 5.65 Å². The highest BCUT2D eigenvalue weighted by molar-refractivity contribution is 5.43. The molecule has 0 bridgehead atoms. The van der Waals surface area contributed by atoms with Crippen molar-refractivity contribution in [3.8, 4) is 0 Å². The van der Waals surface area contributed by atoms with Crippen molar-refractivity contribution in [2.75, 3.05) is 25.0 Å². The predicted octanol–water partition coefficient (Wildman–Crippen LogP) is 1.59. The number of halogens is 1. The van der Waals surface area contributed by atoms with Crippen LogP contribution in [0.25, 0.3) is 5.65 Å². The molecule has 0 radical (unpaired) electrons. The molecule has 1 aliphatic heterocycles. The second kappa shape index (κ2) is 5.36. The van der Waals surface area contributed by atoms with Crippen molar-refractivity contribution in [2.24, 2.45) is 0 Å². The van der Waals surface area contributed by atoms with E-state index in [9.17, 15) is 4.39 Å². The Bertz CT molecular complexity index is 604. The SMILES string of the molecule is Fc1ccc2nc(NCCC3=CCNCC3)nn2c1. The summed E-state index contributed by atoms with van der Waals surface area (Å²) in [7, 11) is 0. The highest BCUT2D eigenvalue weighted by atomic mass is 19.1. The zero-order valence-corrected chi connectivity index (χ0v) is 10.6. The highest BCUT2D eigenvalue weighted by Crippen LogP contribution is 2.10. The molecule has 2 N–H and O–H groups in total. The van der Waals surface area contributed by atoms with Crippen LogP contribution in [0.3, 0.4) is 0 Å². The molecule has 0 amide bonds. The van der Waals surface area contributed by atoms with Crippen LogP contribution in [0.4, 0.5) is 10.3 Å². The molecule has 1 aliphatic rings. The van der Waals surface area contributed by atoms with Crippen LogP contribution in [0.1, 0.15) is 12.8 Å². The Morgan fingerprint density at radius 2 is 2.37 bits per heavy atom. The van der Waals surface area contributed by atoms with Crippen LogP contribution in [-0.4, -0.2) is 34.2 Å². The highest BCUT2D eigenvalue weighted by Gasteiger charge is 2.05. The molecule has 0 spiro atoms. The van der Waals surface area contributed by atoms with E-state index in [1.165, 1.54) is 22.4 Å². The fraction of sp³-hybridized carbons (Fsp3) is 0.385. The minimum Gasteiger partial charge on any atom is -0.353 e. The molecular formula is C13H16FN5. The third-order valence-electron chi connectivity index (χ3n) is 3.18. The standard InChI is InChI=1S/C13H16FN5/c14-11-1-2-12-17-13(18-19(12)9-11)16-8-5-10-3-6-15-7-4-10/h1-3,9,15H,4-8H2,(H,16,18). The summed E-state index contributed by atoms with van der Waals surface area (Å²) in [4.78, 5) is 4.28. The van der Waals surface area contributed by atoms with Gasteiger partial charge in [-0.25, -0.2) is 8.91 Å². The molecule has 0 fully saturated rings. The quantitative estimate of drug-likeness (QED) is 0.821. The Hall–Kier alpha value is -1.95. The first kappa shape index (κ1) is 12.1. The number of anilines is 1. The number of hydrogen-bond donors (Lipinski definition) is 2. The van der Waals surface area contributed by atoms with Crippen LogP contribution in [-0.2, 0) is 0 Å². The molecule has 19 heavy (non-hydrogen) atoms. The summed E-state index contributed by atoms with van der Waals surface area (Å²) in [6.07, 6.45) is 5.65. The first-order chi connectivity index (χ1) is 9.31. The van der Waals surface area contributed by atoms with Gasteiger partial charge in [0.25, 0.3) is 0 Å². The Morgan fingerprint density at radius 3 is 3.21 bits per heavy atom. The summed E-state index contributed by atoms with van der Waals surface area (Å²) in [5.41, 5.74) is 2.10. The van der Waals surface area contributed by atoms with Gasteiger partial charge in [0.05, 0.1) is 6.20 Å². The maximum atomic E-state index is 13.0. The summed E-state index contributed by atoms with van der Waals surface area (Å²) >= 11 is 0. The topological polar surface area (TPSA) is 54.2 Å². The van der Waals surface area contributed by atoms with E-state index >= 15 is 0 Å². The van der Waals surface area contributed by atoms with Crippen molar-refractivity contribution in [1.29, 1.82) is 0 Å². The molecule has 100 valence electrons. The molecule has 0 saturated carbocycles. The lowest BCUT2D eigenvalue weighted by Crippen LogP contribution is -2.21. The van der Waals surface area contributed by atoms with Crippen LogP contribution in [0.15, 0.2) is 30.0 Å². The van der Waals surface area contributed by atoms with E-state index in [2.05, 4.69) is 26.8 Å². The Morgan fingerprint density at radius 1 is 1.42 bits per heavy atom. The second-order valence-corrected chi connectivity index (χ2v) is 4.58. The molecule has 3 heterocycles. The summed E-state index contributed by atoms with van der Waals surface area (Å²) < 4.78 is 14.5. The number of hydrogen-bond acceptors (Lipinski definition) is 4. The minimum atomic E-state index is -0.316. The van der Waals surface area contributed by atoms with Gasteiger partial charge in [0.2, 0.25) is 5.95 Å². The maximum Gasteiger partial charge on any atom is 0.243 e. The Labute approximate surface area is 110 Å². The van der Waals surface area contributed by atoms with Crippen molar-refractivity contribution < 1.29 is 4.39 Å². The number of rotatable bonds is 4. The first-order valence-electron chi connectivity index (χ1n) is 6.46. The number of nitrogens with one attached hydrogen (secondary N) is 2. The third-order valence-corrected chi connectivity index (χ3v) is 3.18. The summed E-state index contributed by atoms with van der Waals surface area (Å²) in [6.45, 7) is 2.81. The molecule has 6 heteroatoms. The molecule has 2 aromatic rings. The number of nitrogens with zero attached hydrogens (tertiary/aromatic N) is 3. The van der Waals surface area contributed by atoms with E-state index < -0.39 is 0 Å². The zero-order valence-electron chi connectivity index (χ0n) is 10.6. The van der Waals surface area contributed by atoms with E-state index in [1.54, 1.807) is 6.07 Å². The van der Waals surface area contributed by atoms with Crippen molar-refractivity contribution >= 4 is 11.6 Å².